The van der Waals surface area contributed by atoms with Crippen LogP contribution in [-0.2, 0) is 11.2 Å². The first-order chi connectivity index (χ1) is 12.5. The summed E-state index contributed by atoms with van der Waals surface area (Å²) >= 11 is 0. The monoisotopic (exact) mass is 360 g/mol. The molecule has 3 rings (SSSR count). The first kappa shape index (κ1) is 18.2. The zero-order valence-electron chi connectivity index (χ0n) is 15.3. The van der Waals surface area contributed by atoms with Crippen LogP contribution in [0.5, 0.6) is 11.8 Å². The van der Waals surface area contributed by atoms with E-state index in [0.717, 1.165) is 36.9 Å². The summed E-state index contributed by atoms with van der Waals surface area (Å²) in [6.45, 7) is 3.68. The van der Waals surface area contributed by atoms with Crippen LogP contribution in [0, 0.1) is 13.8 Å². The molecule has 0 saturated heterocycles. The maximum atomic E-state index is 12.3. The predicted molar refractivity (Wildman–Crippen MR) is 93.1 cm³/mol. The number of hydrogen-bond acceptors (Lipinski definition) is 7. The normalized spacial score (nSPS) is 19.8. The lowest BCUT2D eigenvalue weighted by atomic mass is 9.92. The summed E-state index contributed by atoms with van der Waals surface area (Å²) in [6.07, 6.45) is 6.96. The van der Waals surface area contributed by atoms with Crippen molar-refractivity contribution in [1.82, 2.24) is 20.4 Å². The largest absolute Gasteiger partial charge is 0.480 e. The number of amides is 1. The van der Waals surface area contributed by atoms with E-state index in [0.29, 0.717) is 23.9 Å². The van der Waals surface area contributed by atoms with Gasteiger partial charge in [-0.05, 0) is 39.5 Å². The van der Waals surface area contributed by atoms with Crippen molar-refractivity contribution in [2.24, 2.45) is 0 Å². The molecule has 2 aromatic heterocycles. The van der Waals surface area contributed by atoms with Crippen molar-refractivity contribution >= 4 is 5.91 Å². The van der Waals surface area contributed by atoms with Gasteiger partial charge in [-0.1, -0.05) is 5.16 Å². The number of carbonyl (C=O) groups excluding carboxylic acids is 1. The Bertz CT molecular complexity index is 734. The van der Waals surface area contributed by atoms with Crippen LogP contribution in [0.4, 0.5) is 0 Å². The first-order valence-corrected chi connectivity index (χ1v) is 8.79. The van der Waals surface area contributed by atoms with E-state index in [2.05, 4.69) is 20.4 Å². The number of carbonyl (C=O) groups is 1. The average molecular weight is 360 g/mol. The van der Waals surface area contributed by atoms with E-state index in [1.165, 1.54) is 6.20 Å². The van der Waals surface area contributed by atoms with Gasteiger partial charge in [0.2, 0.25) is 17.7 Å². The van der Waals surface area contributed by atoms with Crippen molar-refractivity contribution in [3.05, 3.63) is 29.4 Å². The van der Waals surface area contributed by atoms with Gasteiger partial charge in [-0.15, -0.1) is 0 Å². The minimum atomic E-state index is 0.00225. The van der Waals surface area contributed by atoms with Crippen LogP contribution >= 0.6 is 0 Å². The summed E-state index contributed by atoms with van der Waals surface area (Å²) in [5.74, 6) is 1.61. The highest BCUT2D eigenvalue weighted by molar-refractivity contribution is 5.79. The van der Waals surface area contributed by atoms with E-state index in [-0.39, 0.29) is 18.1 Å². The smallest absolute Gasteiger partial charge is 0.235 e. The standard InChI is InChI=1S/C18H24N4O4/c1-11-15(12(2)26-22-11)8-16(23)20-13-4-6-14(7-5-13)25-18-10-19-9-17(21-18)24-3/h9-10,13-14H,4-8H2,1-3H3,(H,20,23). The number of aromatic nitrogens is 3. The number of ether oxygens (including phenoxy) is 2. The van der Waals surface area contributed by atoms with Crippen molar-refractivity contribution in [3.8, 4) is 11.8 Å². The van der Waals surface area contributed by atoms with E-state index in [4.69, 9.17) is 14.0 Å². The number of nitrogens with zero attached hydrogens (tertiary/aromatic N) is 3. The van der Waals surface area contributed by atoms with Crippen LogP contribution in [-0.4, -0.2) is 40.3 Å². The van der Waals surface area contributed by atoms with Crippen LogP contribution < -0.4 is 14.8 Å². The van der Waals surface area contributed by atoms with Gasteiger partial charge in [-0.2, -0.15) is 4.98 Å². The highest BCUT2D eigenvalue weighted by Gasteiger charge is 2.25. The number of rotatable bonds is 6. The molecule has 0 atom stereocenters. The van der Waals surface area contributed by atoms with Crippen LogP contribution in [0.2, 0.25) is 0 Å². The van der Waals surface area contributed by atoms with Gasteiger partial charge >= 0.3 is 0 Å². The molecule has 2 heterocycles. The van der Waals surface area contributed by atoms with E-state index in [1.807, 2.05) is 13.8 Å². The first-order valence-electron chi connectivity index (χ1n) is 8.79. The van der Waals surface area contributed by atoms with Gasteiger partial charge < -0.3 is 19.3 Å². The van der Waals surface area contributed by atoms with Gasteiger partial charge in [0.1, 0.15) is 11.9 Å². The van der Waals surface area contributed by atoms with Crippen LogP contribution in [0.3, 0.4) is 0 Å². The highest BCUT2D eigenvalue weighted by Crippen LogP contribution is 2.23. The number of aryl methyl sites for hydroxylation is 2. The predicted octanol–water partition coefficient (Wildman–Crippen LogP) is 2.14. The second-order valence-electron chi connectivity index (χ2n) is 6.54. The molecule has 0 aromatic carbocycles. The Balaban J connectivity index is 1.45. The Morgan fingerprint density at radius 3 is 2.62 bits per heavy atom. The van der Waals surface area contributed by atoms with E-state index >= 15 is 0 Å². The Morgan fingerprint density at radius 2 is 1.96 bits per heavy atom. The van der Waals surface area contributed by atoms with Gasteiger partial charge in [0.25, 0.3) is 0 Å². The molecule has 0 aliphatic heterocycles. The molecule has 1 aliphatic carbocycles. The summed E-state index contributed by atoms with van der Waals surface area (Å²) in [7, 11) is 1.55. The summed E-state index contributed by atoms with van der Waals surface area (Å²) in [4.78, 5) is 20.5. The lowest BCUT2D eigenvalue weighted by molar-refractivity contribution is -0.121. The lowest BCUT2D eigenvalue weighted by Crippen LogP contribution is -2.40. The molecular formula is C18H24N4O4. The fourth-order valence-corrected chi connectivity index (χ4v) is 3.18. The van der Waals surface area contributed by atoms with Gasteiger partial charge in [0.15, 0.2) is 0 Å². The highest BCUT2D eigenvalue weighted by atomic mass is 16.5. The molecule has 0 bridgehead atoms. The van der Waals surface area contributed by atoms with Crippen molar-refractivity contribution in [2.45, 2.75) is 58.1 Å². The van der Waals surface area contributed by atoms with Crippen molar-refractivity contribution in [2.75, 3.05) is 7.11 Å². The average Bonchev–Trinajstić information content (AvgIpc) is 2.95. The van der Waals surface area contributed by atoms with E-state index in [1.54, 1.807) is 13.3 Å². The second kappa shape index (κ2) is 8.16. The zero-order valence-corrected chi connectivity index (χ0v) is 15.3. The molecule has 0 radical (unpaired) electrons. The quantitative estimate of drug-likeness (QED) is 0.842. The minimum Gasteiger partial charge on any atom is -0.480 e. The zero-order chi connectivity index (χ0) is 18.5. The number of nitrogens with one attached hydrogen (secondary N) is 1. The van der Waals surface area contributed by atoms with Gasteiger partial charge in [0.05, 0.1) is 31.6 Å². The lowest BCUT2D eigenvalue weighted by Gasteiger charge is -2.29. The number of hydrogen-bond donors (Lipinski definition) is 1. The maximum absolute atomic E-state index is 12.3. The summed E-state index contributed by atoms with van der Waals surface area (Å²) in [6, 6.07) is 0.166. The third kappa shape index (κ3) is 4.50. The van der Waals surface area contributed by atoms with Crippen molar-refractivity contribution < 1.29 is 18.8 Å². The molecule has 1 aliphatic rings. The molecule has 2 aromatic rings. The van der Waals surface area contributed by atoms with Crippen LogP contribution in [0.1, 0.15) is 42.7 Å². The Hall–Kier alpha value is -2.64. The molecule has 1 amide bonds. The fraction of sp³-hybridized carbons (Fsp3) is 0.556. The summed E-state index contributed by atoms with van der Waals surface area (Å²) in [5, 5.41) is 6.99. The molecule has 0 unspecified atom stereocenters. The SMILES string of the molecule is COc1cncc(OC2CCC(NC(=O)Cc3c(C)noc3C)CC2)n1. The molecule has 8 heteroatoms. The minimum absolute atomic E-state index is 0.00225. The second-order valence-corrected chi connectivity index (χ2v) is 6.54. The van der Waals surface area contributed by atoms with E-state index < -0.39 is 0 Å². The summed E-state index contributed by atoms with van der Waals surface area (Å²) in [5.41, 5.74) is 1.64. The third-order valence-corrected chi connectivity index (χ3v) is 4.64. The molecule has 0 spiro atoms. The third-order valence-electron chi connectivity index (χ3n) is 4.64. The molecule has 8 nitrogen and oxygen atoms in total. The Labute approximate surface area is 152 Å². The van der Waals surface area contributed by atoms with Crippen molar-refractivity contribution in [3.63, 3.8) is 0 Å². The molecule has 1 N–H and O–H groups in total. The van der Waals surface area contributed by atoms with Crippen LogP contribution in [0.25, 0.3) is 0 Å². The van der Waals surface area contributed by atoms with Crippen LogP contribution in [0.15, 0.2) is 16.9 Å². The Morgan fingerprint density at radius 1 is 1.23 bits per heavy atom. The molecule has 1 fully saturated rings. The van der Waals surface area contributed by atoms with Gasteiger partial charge in [-0.3, -0.25) is 9.78 Å². The maximum Gasteiger partial charge on any atom is 0.235 e. The number of methoxy groups -OCH3 is 1. The fourth-order valence-electron chi connectivity index (χ4n) is 3.18. The van der Waals surface area contributed by atoms with Crippen molar-refractivity contribution in [1.29, 1.82) is 0 Å². The Kier molecular flexibility index (Phi) is 5.70. The summed E-state index contributed by atoms with van der Waals surface area (Å²) < 4.78 is 16.0. The molecule has 140 valence electrons. The van der Waals surface area contributed by atoms with Gasteiger partial charge in [0, 0.05) is 11.6 Å². The molecular weight excluding hydrogens is 336 g/mol. The molecule has 26 heavy (non-hydrogen) atoms. The van der Waals surface area contributed by atoms with Gasteiger partial charge in [-0.25, -0.2) is 0 Å². The topological polar surface area (TPSA) is 99.4 Å². The van der Waals surface area contributed by atoms with E-state index in [9.17, 15) is 4.79 Å². The molecule has 1 saturated carbocycles.